The minimum Gasteiger partial charge on any atom is -0.279 e. The number of hydrogen-bond acceptors (Lipinski definition) is 2. The van der Waals surface area contributed by atoms with Gasteiger partial charge in [-0.15, -0.1) is 0 Å². The minimum absolute atomic E-state index is 0.0170. The average molecular weight is 427 g/mol. The lowest BCUT2D eigenvalue weighted by atomic mass is 10.3. The number of anilines is 1. The topological polar surface area (TPSA) is 46.2 Å². The molecule has 20 heavy (non-hydrogen) atoms. The Morgan fingerprint density at radius 2 is 1.65 bits per heavy atom. The van der Waals surface area contributed by atoms with Gasteiger partial charge in [-0.25, -0.2) is 17.2 Å². The Morgan fingerprint density at radius 3 is 2.30 bits per heavy atom. The van der Waals surface area contributed by atoms with Gasteiger partial charge in [0.2, 0.25) is 0 Å². The maximum atomic E-state index is 13.1. The number of benzene rings is 2. The Labute approximate surface area is 131 Å². The number of hydrogen-bond donors (Lipinski definition) is 1. The summed E-state index contributed by atoms with van der Waals surface area (Å²) in [5, 5.41) is 0. The summed E-state index contributed by atoms with van der Waals surface area (Å²) in [7, 11) is -3.91. The van der Waals surface area contributed by atoms with E-state index in [0.717, 1.165) is 18.2 Å². The first-order valence-corrected chi connectivity index (χ1v) is 8.29. The average Bonchev–Trinajstić information content (AvgIpc) is 2.36. The van der Waals surface area contributed by atoms with Crippen molar-refractivity contribution >= 4 is 47.6 Å². The second-order valence-corrected chi connectivity index (χ2v) is 7.23. The lowest BCUT2D eigenvalue weighted by Crippen LogP contribution is -2.13. The van der Waals surface area contributed by atoms with Crippen LogP contribution in [-0.2, 0) is 10.0 Å². The van der Waals surface area contributed by atoms with Crippen molar-refractivity contribution in [3.8, 4) is 0 Å². The van der Waals surface area contributed by atoms with Crippen LogP contribution in [0.15, 0.2) is 50.2 Å². The fraction of sp³-hybridized carbons (Fsp3) is 0. The Balaban J connectivity index is 2.40. The largest absolute Gasteiger partial charge is 0.279 e. The van der Waals surface area contributed by atoms with Crippen molar-refractivity contribution in [1.29, 1.82) is 0 Å². The third-order valence-corrected chi connectivity index (χ3v) is 5.22. The smallest absolute Gasteiger partial charge is 0.263 e. The normalized spacial score (nSPS) is 11.4. The van der Waals surface area contributed by atoms with Crippen LogP contribution in [0.5, 0.6) is 0 Å². The van der Waals surface area contributed by atoms with Gasteiger partial charge in [0.15, 0.2) is 11.6 Å². The molecular formula is C12H7Br2F2NO2S. The molecule has 0 radical (unpaired) electrons. The van der Waals surface area contributed by atoms with Gasteiger partial charge in [0.05, 0.1) is 5.69 Å². The first kappa shape index (κ1) is 15.4. The predicted octanol–water partition coefficient (Wildman–Crippen LogP) is 4.29. The summed E-state index contributed by atoms with van der Waals surface area (Å²) < 4.78 is 53.4. The third-order valence-electron chi connectivity index (χ3n) is 2.35. The molecule has 0 atom stereocenters. The quantitative estimate of drug-likeness (QED) is 0.795. The summed E-state index contributed by atoms with van der Waals surface area (Å²) in [6.45, 7) is 0. The predicted molar refractivity (Wildman–Crippen MR) is 79.0 cm³/mol. The van der Waals surface area contributed by atoms with Gasteiger partial charge in [-0.05, 0) is 46.3 Å². The van der Waals surface area contributed by atoms with Crippen LogP contribution in [0.4, 0.5) is 14.5 Å². The van der Waals surface area contributed by atoms with E-state index in [1.807, 2.05) is 0 Å². The molecule has 0 saturated heterocycles. The first-order valence-electron chi connectivity index (χ1n) is 5.22. The molecule has 0 aromatic heterocycles. The molecule has 3 nitrogen and oxygen atoms in total. The van der Waals surface area contributed by atoms with Crippen molar-refractivity contribution in [3.63, 3.8) is 0 Å². The van der Waals surface area contributed by atoms with Crippen LogP contribution in [0.25, 0.3) is 0 Å². The highest BCUT2D eigenvalue weighted by atomic mass is 79.9. The second-order valence-electron chi connectivity index (χ2n) is 3.81. The second kappa shape index (κ2) is 5.79. The van der Waals surface area contributed by atoms with E-state index in [0.29, 0.717) is 8.95 Å². The molecule has 0 fully saturated rings. The Bertz CT molecular complexity index is 766. The van der Waals surface area contributed by atoms with E-state index in [1.54, 1.807) is 12.1 Å². The molecule has 0 aliphatic carbocycles. The van der Waals surface area contributed by atoms with Crippen LogP contribution in [0.3, 0.4) is 0 Å². The monoisotopic (exact) mass is 425 g/mol. The summed E-state index contributed by atoms with van der Waals surface area (Å²) in [5.41, 5.74) is -0.0595. The molecule has 106 valence electrons. The highest BCUT2D eigenvalue weighted by Gasteiger charge is 2.18. The van der Waals surface area contributed by atoms with Crippen molar-refractivity contribution in [2.24, 2.45) is 0 Å². The molecule has 2 aromatic rings. The summed E-state index contributed by atoms with van der Waals surface area (Å²) in [4.78, 5) is -0.0170. The minimum atomic E-state index is -3.91. The van der Waals surface area contributed by atoms with E-state index < -0.39 is 21.7 Å². The molecule has 0 spiro atoms. The van der Waals surface area contributed by atoms with E-state index in [1.165, 1.54) is 6.07 Å². The summed E-state index contributed by atoms with van der Waals surface area (Å²) in [6.07, 6.45) is 0. The highest BCUT2D eigenvalue weighted by Crippen LogP contribution is 2.27. The molecule has 0 aliphatic heterocycles. The zero-order valence-corrected chi connectivity index (χ0v) is 13.7. The van der Waals surface area contributed by atoms with Crippen LogP contribution in [0.1, 0.15) is 0 Å². The number of nitrogens with one attached hydrogen (secondary N) is 1. The van der Waals surface area contributed by atoms with E-state index in [9.17, 15) is 17.2 Å². The van der Waals surface area contributed by atoms with E-state index >= 15 is 0 Å². The fourth-order valence-electron chi connectivity index (χ4n) is 1.45. The molecule has 2 rings (SSSR count). The molecule has 0 unspecified atom stereocenters. The van der Waals surface area contributed by atoms with Crippen LogP contribution >= 0.6 is 31.9 Å². The Morgan fingerprint density at radius 1 is 0.950 bits per heavy atom. The third kappa shape index (κ3) is 3.36. The van der Waals surface area contributed by atoms with Crippen LogP contribution < -0.4 is 4.72 Å². The van der Waals surface area contributed by atoms with E-state index in [4.69, 9.17) is 0 Å². The Hall–Kier alpha value is -0.990. The van der Waals surface area contributed by atoms with Gasteiger partial charge in [-0.2, -0.15) is 0 Å². The molecular weight excluding hydrogens is 420 g/mol. The number of halogens is 4. The van der Waals surface area contributed by atoms with Gasteiger partial charge in [-0.3, -0.25) is 4.72 Å². The van der Waals surface area contributed by atoms with Crippen molar-refractivity contribution in [3.05, 3.63) is 57.0 Å². The standard InChI is InChI=1S/C12H7Br2F2NO2S/c13-7-1-3-9(14)12(5-7)20(18,19)17-8-2-4-10(15)11(16)6-8/h1-6,17H. The first-order chi connectivity index (χ1) is 9.29. The molecule has 8 heteroatoms. The summed E-state index contributed by atoms with van der Waals surface area (Å²) in [5.74, 6) is -2.17. The lowest BCUT2D eigenvalue weighted by Gasteiger charge is -2.10. The molecule has 0 amide bonds. The molecule has 0 saturated carbocycles. The molecule has 0 aliphatic rings. The van der Waals surface area contributed by atoms with Crippen molar-refractivity contribution in [2.75, 3.05) is 4.72 Å². The van der Waals surface area contributed by atoms with Crippen molar-refractivity contribution < 1.29 is 17.2 Å². The maximum absolute atomic E-state index is 13.1. The van der Waals surface area contributed by atoms with Crippen LogP contribution in [0.2, 0.25) is 0 Å². The maximum Gasteiger partial charge on any atom is 0.263 e. The highest BCUT2D eigenvalue weighted by molar-refractivity contribution is 9.11. The van der Waals surface area contributed by atoms with Gasteiger partial charge in [0.25, 0.3) is 10.0 Å². The molecule has 1 N–H and O–H groups in total. The van der Waals surface area contributed by atoms with Crippen molar-refractivity contribution in [2.45, 2.75) is 4.90 Å². The SMILES string of the molecule is O=S(=O)(Nc1ccc(F)c(F)c1)c1cc(Br)ccc1Br. The number of sulfonamides is 1. The number of rotatable bonds is 3. The molecule has 2 aromatic carbocycles. The van der Waals surface area contributed by atoms with E-state index in [-0.39, 0.29) is 10.6 Å². The van der Waals surface area contributed by atoms with Crippen LogP contribution in [-0.4, -0.2) is 8.42 Å². The van der Waals surface area contributed by atoms with Gasteiger partial charge >= 0.3 is 0 Å². The van der Waals surface area contributed by atoms with Gasteiger partial charge < -0.3 is 0 Å². The Kier molecular flexibility index (Phi) is 4.46. The van der Waals surface area contributed by atoms with E-state index in [2.05, 4.69) is 36.6 Å². The summed E-state index contributed by atoms with van der Waals surface area (Å²) in [6, 6.07) is 7.39. The van der Waals surface area contributed by atoms with Gasteiger partial charge in [-0.1, -0.05) is 15.9 Å². The lowest BCUT2D eigenvalue weighted by molar-refractivity contribution is 0.509. The zero-order chi connectivity index (χ0) is 14.9. The molecule has 0 heterocycles. The fourth-order valence-corrected chi connectivity index (χ4v) is 4.01. The molecule has 0 bridgehead atoms. The van der Waals surface area contributed by atoms with Crippen LogP contribution in [0, 0.1) is 11.6 Å². The van der Waals surface area contributed by atoms with Gasteiger partial charge in [0, 0.05) is 15.0 Å². The van der Waals surface area contributed by atoms with Crippen molar-refractivity contribution in [1.82, 2.24) is 0 Å². The zero-order valence-electron chi connectivity index (χ0n) is 9.70. The summed E-state index contributed by atoms with van der Waals surface area (Å²) >= 11 is 6.30. The van der Waals surface area contributed by atoms with Gasteiger partial charge in [0.1, 0.15) is 4.90 Å².